The molecule has 0 bridgehead atoms. The Labute approximate surface area is 129 Å². The molecule has 0 saturated carbocycles. The minimum Gasteiger partial charge on any atom is -0.507 e. The average molecular weight is 350 g/mol. The minimum atomic E-state index is -1.15. The van der Waals surface area contributed by atoms with Crippen molar-refractivity contribution in [3.63, 3.8) is 0 Å². The van der Waals surface area contributed by atoms with Crippen molar-refractivity contribution in [1.29, 1.82) is 0 Å². The van der Waals surface area contributed by atoms with Gasteiger partial charge in [-0.2, -0.15) is 0 Å². The second-order valence-electron chi connectivity index (χ2n) is 4.47. The van der Waals surface area contributed by atoms with Gasteiger partial charge in [0, 0.05) is 4.47 Å². The molecule has 6 heteroatoms. The normalized spacial score (nSPS) is 10.2. The van der Waals surface area contributed by atoms with Crippen molar-refractivity contribution in [3.8, 4) is 5.75 Å². The van der Waals surface area contributed by atoms with E-state index in [2.05, 4.69) is 21.2 Å². The molecule has 0 atom stereocenters. The standard InChI is InChI=1S/C15H12BrNO4/c1-8-2-4-10(13(18)6-8)14(19)17-12-5-3-9(16)7-11(12)15(20)21/h2-7,18H,1H3,(H,17,19)(H,20,21). The number of rotatable bonds is 3. The molecule has 2 aromatic rings. The monoisotopic (exact) mass is 349 g/mol. The molecule has 2 aromatic carbocycles. The second-order valence-corrected chi connectivity index (χ2v) is 5.39. The van der Waals surface area contributed by atoms with E-state index in [0.29, 0.717) is 4.47 Å². The first-order valence-corrected chi connectivity index (χ1v) is 6.81. The van der Waals surface area contributed by atoms with Gasteiger partial charge < -0.3 is 15.5 Å². The number of phenols is 1. The van der Waals surface area contributed by atoms with Gasteiger partial charge in [-0.3, -0.25) is 4.79 Å². The number of phenolic OH excluding ortho intramolecular Hbond substituents is 1. The predicted molar refractivity (Wildman–Crippen MR) is 81.9 cm³/mol. The van der Waals surface area contributed by atoms with Gasteiger partial charge in [-0.25, -0.2) is 4.79 Å². The van der Waals surface area contributed by atoms with E-state index in [9.17, 15) is 14.7 Å². The number of carboxylic acids is 1. The summed E-state index contributed by atoms with van der Waals surface area (Å²) in [6.45, 7) is 1.79. The van der Waals surface area contributed by atoms with Crippen molar-refractivity contribution < 1.29 is 19.8 Å². The van der Waals surface area contributed by atoms with Crippen LogP contribution < -0.4 is 5.32 Å². The Morgan fingerprint density at radius 2 is 1.81 bits per heavy atom. The molecular formula is C15H12BrNO4. The summed E-state index contributed by atoms with van der Waals surface area (Å²) in [5, 5.41) is 21.4. The number of amides is 1. The lowest BCUT2D eigenvalue weighted by molar-refractivity contribution is 0.0698. The number of anilines is 1. The van der Waals surface area contributed by atoms with Crippen LogP contribution in [0.2, 0.25) is 0 Å². The Kier molecular flexibility index (Phi) is 4.28. The van der Waals surface area contributed by atoms with E-state index in [4.69, 9.17) is 5.11 Å². The van der Waals surface area contributed by atoms with E-state index in [1.165, 1.54) is 24.3 Å². The highest BCUT2D eigenvalue weighted by molar-refractivity contribution is 9.10. The summed E-state index contributed by atoms with van der Waals surface area (Å²) in [7, 11) is 0. The van der Waals surface area contributed by atoms with Crippen LogP contribution in [-0.4, -0.2) is 22.1 Å². The van der Waals surface area contributed by atoms with Gasteiger partial charge in [-0.15, -0.1) is 0 Å². The lowest BCUT2D eigenvalue weighted by atomic mass is 10.1. The Morgan fingerprint density at radius 3 is 2.43 bits per heavy atom. The summed E-state index contributed by atoms with van der Waals surface area (Å²) in [6.07, 6.45) is 0. The molecule has 0 aliphatic carbocycles. The van der Waals surface area contributed by atoms with Crippen LogP contribution in [0.4, 0.5) is 5.69 Å². The maximum Gasteiger partial charge on any atom is 0.337 e. The summed E-state index contributed by atoms with van der Waals surface area (Å²) >= 11 is 3.18. The van der Waals surface area contributed by atoms with E-state index in [1.54, 1.807) is 19.1 Å². The van der Waals surface area contributed by atoms with Gasteiger partial charge in [0.25, 0.3) is 5.91 Å². The molecule has 0 heterocycles. The van der Waals surface area contributed by atoms with Gasteiger partial charge in [0.2, 0.25) is 0 Å². The molecule has 5 nitrogen and oxygen atoms in total. The first-order chi connectivity index (χ1) is 9.88. The number of halogens is 1. The van der Waals surface area contributed by atoms with Crippen molar-refractivity contribution in [2.75, 3.05) is 5.32 Å². The van der Waals surface area contributed by atoms with Crippen molar-refractivity contribution in [1.82, 2.24) is 0 Å². The van der Waals surface area contributed by atoms with E-state index >= 15 is 0 Å². The van der Waals surface area contributed by atoms with Gasteiger partial charge >= 0.3 is 5.97 Å². The lowest BCUT2D eigenvalue weighted by Crippen LogP contribution is -2.15. The molecule has 108 valence electrons. The number of nitrogens with one attached hydrogen (secondary N) is 1. The van der Waals surface area contributed by atoms with Crippen LogP contribution in [0, 0.1) is 6.92 Å². The maximum atomic E-state index is 12.1. The third kappa shape index (κ3) is 3.41. The molecule has 0 aliphatic rings. The van der Waals surface area contributed by atoms with Crippen LogP contribution >= 0.6 is 15.9 Å². The van der Waals surface area contributed by atoms with Crippen molar-refractivity contribution in [2.24, 2.45) is 0 Å². The SMILES string of the molecule is Cc1ccc(C(=O)Nc2ccc(Br)cc2C(=O)O)c(O)c1. The molecule has 3 N–H and O–H groups in total. The second kappa shape index (κ2) is 5.97. The number of carboxylic acid groups (broad SMARTS) is 1. The molecular weight excluding hydrogens is 338 g/mol. The Morgan fingerprint density at radius 1 is 1.10 bits per heavy atom. The van der Waals surface area contributed by atoms with Crippen LogP contribution in [0.3, 0.4) is 0 Å². The first kappa shape index (κ1) is 15.1. The van der Waals surface area contributed by atoms with Crippen LogP contribution in [0.1, 0.15) is 26.3 Å². The maximum absolute atomic E-state index is 12.1. The predicted octanol–water partition coefficient (Wildman–Crippen LogP) is 3.41. The van der Waals surface area contributed by atoms with E-state index in [0.717, 1.165) is 5.56 Å². The third-order valence-corrected chi connectivity index (χ3v) is 3.35. The zero-order chi connectivity index (χ0) is 15.6. The Hall–Kier alpha value is -2.34. The molecule has 0 radical (unpaired) electrons. The third-order valence-electron chi connectivity index (χ3n) is 2.86. The fourth-order valence-electron chi connectivity index (χ4n) is 1.83. The zero-order valence-electron chi connectivity index (χ0n) is 11.1. The number of carbonyl (C=O) groups is 2. The number of benzene rings is 2. The van der Waals surface area contributed by atoms with Gasteiger partial charge in [0.1, 0.15) is 5.75 Å². The molecule has 2 rings (SSSR count). The molecule has 0 aliphatic heterocycles. The van der Waals surface area contributed by atoms with Crippen LogP contribution in [0.5, 0.6) is 5.75 Å². The molecule has 21 heavy (non-hydrogen) atoms. The highest BCUT2D eigenvalue weighted by Crippen LogP contribution is 2.24. The molecule has 0 fully saturated rings. The quantitative estimate of drug-likeness (QED) is 0.792. The summed E-state index contributed by atoms with van der Waals surface area (Å²) in [5.41, 5.74) is 1.03. The summed E-state index contributed by atoms with van der Waals surface area (Å²) in [5.74, 6) is -1.88. The number of aromatic carboxylic acids is 1. The number of hydrogen-bond donors (Lipinski definition) is 3. The van der Waals surface area contributed by atoms with E-state index in [1.807, 2.05) is 0 Å². The minimum absolute atomic E-state index is 0.0377. The smallest absolute Gasteiger partial charge is 0.337 e. The van der Waals surface area contributed by atoms with Crippen molar-refractivity contribution in [3.05, 3.63) is 57.6 Å². The van der Waals surface area contributed by atoms with Crippen molar-refractivity contribution in [2.45, 2.75) is 6.92 Å². The number of hydrogen-bond acceptors (Lipinski definition) is 3. The first-order valence-electron chi connectivity index (χ1n) is 6.02. The van der Waals surface area contributed by atoms with Crippen LogP contribution in [0.25, 0.3) is 0 Å². The molecule has 0 saturated heterocycles. The number of carbonyl (C=O) groups excluding carboxylic acids is 1. The van der Waals surface area contributed by atoms with Gasteiger partial charge in [-0.1, -0.05) is 22.0 Å². The number of aryl methyl sites for hydroxylation is 1. The molecule has 0 aromatic heterocycles. The fraction of sp³-hybridized carbons (Fsp3) is 0.0667. The van der Waals surface area contributed by atoms with Crippen molar-refractivity contribution >= 4 is 33.5 Å². The summed E-state index contributed by atoms with van der Waals surface area (Å²) < 4.78 is 0.594. The van der Waals surface area contributed by atoms with Crippen LogP contribution in [0.15, 0.2) is 40.9 Å². The molecule has 1 amide bonds. The largest absolute Gasteiger partial charge is 0.507 e. The van der Waals surface area contributed by atoms with Crippen LogP contribution in [-0.2, 0) is 0 Å². The zero-order valence-corrected chi connectivity index (χ0v) is 12.6. The Bertz CT molecular complexity index is 728. The highest BCUT2D eigenvalue weighted by Gasteiger charge is 2.16. The van der Waals surface area contributed by atoms with E-state index in [-0.39, 0.29) is 22.6 Å². The summed E-state index contributed by atoms with van der Waals surface area (Å²) in [6, 6.07) is 9.14. The fourth-order valence-corrected chi connectivity index (χ4v) is 2.19. The Balaban J connectivity index is 2.34. The molecule has 0 spiro atoms. The lowest BCUT2D eigenvalue weighted by Gasteiger charge is -2.10. The van der Waals surface area contributed by atoms with Gasteiger partial charge in [0.05, 0.1) is 16.8 Å². The van der Waals surface area contributed by atoms with Gasteiger partial charge in [0.15, 0.2) is 0 Å². The van der Waals surface area contributed by atoms with E-state index < -0.39 is 11.9 Å². The molecule has 0 unspecified atom stereocenters. The highest BCUT2D eigenvalue weighted by atomic mass is 79.9. The average Bonchev–Trinajstić information content (AvgIpc) is 2.40. The topological polar surface area (TPSA) is 86.6 Å². The number of aromatic hydroxyl groups is 1. The summed E-state index contributed by atoms with van der Waals surface area (Å²) in [4.78, 5) is 23.3. The van der Waals surface area contributed by atoms with Gasteiger partial charge in [-0.05, 0) is 42.8 Å².